The van der Waals surface area contributed by atoms with Crippen molar-refractivity contribution >= 4 is 40.4 Å². The first kappa shape index (κ1) is 12.5. The summed E-state index contributed by atoms with van der Waals surface area (Å²) in [5.41, 5.74) is 0.184. The van der Waals surface area contributed by atoms with Crippen LogP contribution in [-0.2, 0) is 0 Å². The number of pyridine rings is 1. The number of anilines is 2. The molecule has 18 heavy (non-hydrogen) atoms. The molecule has 2 heterocycles. The first-order chi connectivity index (χ1) is 8.58. The fourth-order valence-electron chi connectivity index (χ4n) is 1.14. The van der Waals surface area contributed by atoms with Crippen LogP contribution in [0.15, 0.2) is 24.7 Å². The van der Waals surface area contributed by atoms with E-state index in [0.717, 1.165) is 6.20 Å². The van der Waals surface area contributed by atoms with Gasteiger partial charge in [0.2, 0.25) is 0 Å². The van der Waals surface area contributed by atoms with Crippen molar-refractivity contribution in [3.05, 3.63) is 45.1 Å². The van der Waals surface area contributed by atoms with Gasteiger partial charge in [0, 0.05) is 6.07 Å². The first-order valence-electron chi connectivity index (χ1n) is 4.61. The lowest BCUT2D eigenvalue weighted by molar-refractivity contribution is -0.385. The Morgan fingerprint density at radius 1 is 1.17 bits per heavy atom. The highest BCUT2D eigenvalue weighted by Gasteiger charge is 2.10. The van der Waals surface area contributed by atoms with Crippen LogP contribution >= 0.6 is 23.2 Å². The quantitative estimate of drug-likeness (QED) is 0.529. The Hall–Kier alpha value is -1.99. The van der Waals surface area contributed by atoms with E-state index in [0.29, 0.717) is 11.5 Å². The van der Waals surface area contributed by atoms with E-state index in [1.165, 1.54) is 18.5 Å². The van der Waals surface area contributed by atoms with Crippen LogP contribution in [0.2, 0.25) is 10.3 Å². The maximum Gasteiger partial charge on any atom is 0.287 e. The maximum atomic E-state index is 10.5. The number of hydrogen-bond donors (Lipinski definition) is 1. The van der Waals surface area contributed by atoms with Crippen molar-refractivity contribution < 1.29 is 4.92 Å². The molecule has 0 aliphatic carbocycles. The molecule has 0 amide bonds. The van der Waals surface area contributed by atoms with Crippen LogP contribution in [0.4, 0.5) is 17.2 Å². The molecule has 2 aromatic rings. The Bertz CT molecular complexity index is 570. The molecule has 0 spiro atoms. The molecule has 9 heteroatoms. The number of nitrogens with zero attached hydrogens (tertiary/aromatic N) is 4. The van der Waals surface area contributed by atoms with Gasteiger partial charge in [-0.3, -0.25) is 10.1 Å². The number of halogens is 2. The van der Waals surface area contributed by atoms with Crippen molar-refractivity contribution in [1.29, 1.82) is 0 Å². The summed E-state index contributed by atoms with van der Waals surface area (Å²) in [5.74, 6) is 0.346. The van der Waals surface area contributed by atoms with Gasteiger partial charge in [-0.2, -0.15) is 0 Å². The summed E-state index contributed by atoms with van der Waals surface area (Å²) in [5, 5.41) is 13.5. The first-order valence-corrected chi connectivity index (χ1v) is 5.37. The van der Waals surface area contributed by atoms with Gasteiger partial charge >= 0.3 is 0 Å². The van der Waals surface area contributed by atoms with E-state index < -0.39 is 4.92 Å². The van der Waals surface area contributed by atoms with Gasteiger partial charge in [-0.05, 0) is 6.07 Å². The molecule has 0 bridgehead atoms. The van der Waals surface area contributed by atoms with Crippen molar-refractivity contribution in [1.82, 2.24) is 15.0 Å². The summed E-state index contributed by atoms with van der Waals surface area (Å²) < 4.78 is 0. The Morgan fingerprint density at radius 2 is 1.83 bits per heavy atom. The minimum Gasteiger partial charge on any atom is -0.335 e. The minimum absolute atomic E-state index is 0.109. The molecule has 0 saturated carbocycles. The normalized spacial score (nSPS) is 10.1. The van der Waals surface area contributed by atoms with E-state index in [2.05, 4.69) is 20.3 Å². The fourth-order valence-corrected chi connectivity index (χ4v) is 1.55. The van der Waals surface area contributed by atoms with Gasteiger partial charge in [-0.1, -0.05) is 23.2 Å². The minimum atomic E-state index is -0.539. The molecule has 0 saturated heterocycles. The molecule has 2 rings (SSSR count). The van der Waals surface area contributed by atoms with Gasteiger partial charge in [0.15, 0.2) is 10.3 Å². The van der Waals surface area contributed by atoms with E-state index in [4.69, 9.17) is 23.2 Å². The van der Waals surface area contributed by atoms with E-state index in [1.807, 2.05) is 0 Å². The highest BCUT2D eigenvalue weighted by atomic mass is 35.5. The number of nitrogens with one attached hydrogen (secondary N) is 1. The van der Waals surface area contributed by atoms with Crippen LogP contribution in [0, 0.1) is 10.1 Å². The van der Waals surface area contributed by atoms with Gasteiger partial charge < -0.3 is 5.32 Å². The standard InChI is InChI=1S/C9H5Cl2N5O2/c10-8-7(9(11)14-4-13-8)15-6-2-1-5(3-12-6)16(17)18/h1-4H,(H,12,15). The molecule has 0 unspecified atom stereocenters. The van der Waals surface area contributed by atoms with Gasteiger partial charge in [0.05, 0.1) is 4.92 Å². The second-order valence-electron chi connectivity index (χ2n) is 3.11. The van der Waals surface area contributed by atoms with Crippen molar-refractivity contribution in [2.45, 2.75) is 0 Å². The summed E-state index contributed by atoms with van der Waals surface area (Å²) in [6.07, 6.45) is 2.34. The van der Waals surface area contributed by atoms with Crippen molar-refractivity contribution in [3.63, 3.8) is 0 Å². The monoisotopic (exact) mass is 285 g/mol. The molecule has 1 N–H and O–H groups in total. The zero-order chi connectivity index (χ0) is 13.1. The van der Waals surface area contributed by atoms with Gasteiger partial charge in [0.1, 0.15) is 24.0 Å². The number of rotatable bonds is 3. The van der Waals surface area contributed by atoms with Crippen LogP contribution in [0.3, 0.4) is 0 Å². The molecular formula is C9H5Cl2N5O2. The molecule has 0 atom stereocenters. The Balaban J connectivity index is 2.26. The molecular weight excluding hydrogens is 281 g/mol. The largest absolute Gasteiger partial charge is 0.335 e. The highest BCUT2D eigenvalue weighted by Crippen LogP contribution is 2.28. The van der Waals surface area contributed by atoms with E-state index in [9.17, 15) is 10.1 Å². The summed E-state index contributed by atoms with van der Waals surface area (Å²) in [6, 6.07) is 2.73. The number of hydrogen-bond acceptors (Lipinski definition) is 6. The summed E-state index contributed by atoms with van der Waals surface area (Å²) >= 11 is 11.7. The number of nitro groups is 1. The molecule has 0 fully saturated rings. The summed E-state index contributed by atoms with van der Waals surface area (Å²) in [6.45, 7) is 0. The van der Waals surface area contributed by atoms with Crippen LogP contribution in [0.1, 0.15) is 0 Å². The highest BCUT2D eigenvalue weighted by molar-refractivity contribution is 6.37. The van der Waals surface area contributed by atoms with Crippen molar-refractivity contribution in [2.75, 3.05) is 5.32 Å². The van der Waals surface area contributed by atoms with Gasteiger partial charge in [0.25, 0.3) is 5.69 Å². The lowest BCUT2D eigenvalue weighted by Gasteiger charge is -2.07. The maximum absolute atomic E-state index is 10.5. The third-order valence-electron chi connectivity index (χ3n) is 1.97. The zero-order valence-corrected chi connectivity index (χ0v) is 10.2. The molecule has 7 nitrogen and oxygen atoms in total. The zero-order valence-electron chi connectivity index (χ0n) is 8.67. The third-order valence-corrected chi connectivity index (χ3v) is 2.54. The third kappa shape index (κ3) is 2.63. The predicted molar refractivity (Wildman–Crippen MR) is 66.2 cm³/mol. The Labute approximate surface area is 111 Å². The van der Waals surface area contributed by atoms with E-state index in [-0.39, 0.29) is 16.0 Å². The summed E-state index contributed by atoms with van der Waals surface area (Å²) in [7, 11) is 0. The average molecular weight is 286 g/mol. The predicted octanol–water partition coefficient (Wildman–Crippen LogP) is 2.83. The van der Waals surface area contributed by atoms with Crippen LogP contribution in [0.25, 0.3) is 0 Å². The fraction of sp³-hybridized carbons (Fsp3) is 0. The van der Waals surface area contributed by atoms with Crippen LogP contribution in [0.5, 0.6) is 0 Å². The van der Waals surface area contributed by atoms with Crippen molar-refractivity contribution in [3.8, 4) is 0 Å². The molecule has 0 aliphatic heterocycles. The van der Waals surface area contributed by atoms with Crippen molar-refractivity contribution in [2.24, 2.45) is 0 Å². The second-order valence-corrected chi connectivity index (χ2v) is 3.83. The molecule has 0 radical (unpaired) electrons. The smallest absolute Gasteiger partial charge is 0.287 e. The van der Waals surface area contributed by atoms with Gasteiger partial charge in [-0.25, -0.2) is 15.0 Å². The van der Waals surface area contributed by atoms with Crippen LogP contribution in [-0.4, -0.2) is 19.9 Å². The second kappa shape index (κ2) is 5.11. The molecule has 92 valence electrons. The molecule has 0 aromatic carbocycles. The Kier molecular flexibility index (Phi) is 3.54. The van der Waals surface area contributed by atoms with E-state index >= 15 is 0 Å². The molecule has 2 aromatic heterocycles. The summed E-state index contributed by atoms with van der Waals surface area (Å²) in [4.78, 5) is 21.3. The molecule has 0 aliphatic rings. The topological polar surface area (TPSA) is 93.8 Å². The van der Waals surface area contributed by atoms with Crippen LogP contribution < -0.4 is 5.32 Å². The number of aromatic nitrogens is 3. The van der Waals surface area contributed by atoms with E-state index in [1.54, 1.807) is 0 Å². The lowest BCUT2D eigenvalue weighted by atomic mass is 10.4. The van der Waals surface area contributed by atoms with Gasteiger partial charge in [-0.15, -0.1) is 0 Å². The Morgan fingerprint density at radius 3 is 2.33 bits per heavy atom. The SMILES string of the molecule is O=[N+]([O-])c1ccc(Nc2c(Cl)ncnc2Cl)nc1. The average Bonchev–Trinajstić information content (AvgIpc) is 2.34. The lowest BCUT2D eigenvalue weighted by Crippen LogP contribution is -1.98.